The van der Waals surface area contributed by atoms with Crippen LogP contribution in [0.1, 0.15) is 20.3 Å². The molecular formula is C10H17NO4. The Morgan fingerprint density at radius 3 is 2.53 bits per heavy atom. The van der Waals surface area contributed by atoms with E-state index in [2.05, 4.69) is 5.32 Å². The van der Waals surface area contributed by atoms with Crippen molar-refractivity contribution in [2.75, 3.05) is 13.7 Å². The third-order valence-electron chi connectivity index (χ3n) is 1.81. The van der Waals surface area contributed by atoms with E-state index in [1.54, 1.807) is 13.0 Å². The summed E-state index contributed by atoms with van der Waals surface area (Å²) >= 11 is 0. The lowest BCUT2D eigenvalue weighted by Crippen LogP contribution is -2.44. The van der Waals surface area contributed by atoms with Crippen molar-refractivity contribution in [2.24, 2.45) is 0 Å². The highest BCUT2D eigenvalue weighted by molar-refractivity contribution is 5.95. The van der Waals surface area contributed by atoms with Crippen LogP contribution in [-0.2, 0) is 14.3 Å². The van der Waals surface area contributed by atoms with E-state index in [4.69, 9.17) is 9.84 Å². The van der Waals surface area contributed by atoms with Gasteiger partial charge in [-0.3, -0.25) is 4.79 Å². The van der Waals surface area contributed by atoms with Crippen LogP contribution >= 0.6 is 0 Å². The number of carbonyl (C=O) groups is 2. The summed E-state index contributed by atoms with van der Waals surface area (Å²) in [5, 5.41) is 11.1. The number of nitrogens with one attached hydrogen (secondary N) is 1. The van der Waals surface area contributed by atoms with Crippen LogP contribution in [0.2, 0.25) is 0 Å². The van der Waals surface area contributed by atoms with Gasteiger partial charge in [0.05, 0.1) is 6.61 Å². The summed E-state index contributed by atoms with van der Waals surface area (Å²) in [6.45, 7) is 3.51. The van der Waals surface area contributed by atoms with Crippen molar-refractivity contribution in [2.45, 2.75) is 26.3 Å². The smallest absolute Gasteiger partial charge is 0.328 e. The van der Waals surface area contributed by atoms with Gasteiger partial charge in [0.15, 0.2) is 6.04 Å². The van der Waals surface area contributed by atoms with E-state index in [0.29, 0.717) is 5.57 Å². The summed E-state index contributed by atoms with van der Waals surface area (Å²) in [7, 11) is 1.39. The molecule has 86 valence electrons. The molecule has 0 aromatic carbocycles. The molecular weight excluding hydrogens is 198 g/mol. The SMILES string of the molecule is CC/C=C(/C)C(=O)NC(COC)C(=O)O. The molecule has 2 N–H and O–H groups in total. The van der Waals surface area contributed by atoms with Crippen LogP contribution in [0, 0.1) is 0 Å². The predicted octanol–water partition coefficient (Wildman–Crippen LogP) is 0.558. The Kier molecular flexibility index (Phi) is 6.37. The summed E-state index contributed by atoms with van der Waals surface area (Å²) in [4.78, 5) is 22.1. The van der Waals surface area contributed by atoms with Crippen molar-refractivity contribution in [3.8, 4) is 0 Å². The van der Waals surface area contributed by atoms with Gasteiger partial charge in [-0.05, 0) is 13.3 Å². The molecule has 0 aromatic heterocycles. The monoisotopic (exact) mass is 215 g/mol. The van der Waals surface area contributed by atoms with E-state index < -0.39 is 12.0 Å². The highest BCUT2D eigenvalue weighted by Gasteiger charge is 2.19. The Labute approximate surface area is 89.1 Å². The average Bonchev–Trinajstić information content (AvgIpc) is 2.17. The quantitative estimate of drug-likeness (QED) is 0.635. The number of hydrogen-bond donors (Lipinski definition) is 2. The molecule has 0 heterocycles. The van der Waals surface area contributed by atoms with Crippen LogP contribution in [-0.4, -0.2) is 36.7 Å². The van der Waals surface area contributed by atoms with Crippen LogP contribution in [0.25, 0.3) is 0 Å². The molecule has 0 bridgehead atoms. The zero-order valence-corrected chi connectivity index (χ0v) is 9.24. The van der Waals surface area contributed by atoms with Gasteiger partial charge >= 0.3 is 5.97 Å². The van der Waals surface area contributed by atoms with Crippen molar-refractivity contribution in [3.05, 3.63) is 11.6 Å². The van der Waals surface area contributed by atoms with Crippen LogP contribution < -0.4 is 5.32 Å². The second-order valence-corrected chi connectivity index (χ2v) is 3.12. The molecule has 5 nitrogen and oxygen atoms in total. The lowest BCUT2D eigenvalue weighted by atomic mass is 10.2. The molecule has 0 fully saturated rings. The zero-order valence-electron chi connectivity index (χ0n) is 9.24. The molecule has 1 unspecified atom stereocenters. The first-order valence-corrected chi connectivity index (χ1v) is 4.72. The lowest BCUT2D eigenvalue weighted by Gasteiger charge is -2.13. The van der Waals surface area contributed by atoms with Crippen LogP contribution in [0.15, 0.2) is 11.6 Å². The van der Waals surface area contributed by atoms with Gasteiger partial charge in [0.1, 0.15) is 0 Å². The van der Waals surface area contributed by atoms with Gasteiger partial charge in [0.2, 0.25) is 5.91 Å². The predicted molar refractivity (Wildman–Crippen MR) is 55.5 cm³/mol. The third kappa shape index (κ3) is 5.17. The Balaban J connectivity index is 4.35. The van der Waals surface area contributed by atoms with E-state index in [0.717, 1.165) is 6.42 Å². The van der Waals surface area contributed by atoms with Crippen LogP contribution in [0.3, 0.4) is 0 Å². The van der Waals surface area contributed by atoms with Gasteiger partial charge in [-0.25, -0.2) is 4.79 Å². The molecule has 0 aliphatic rings. The maximum absolute atomic E-state index is 11.4. The number of ether oxygens (including phenoxy) is 1. The van der Waals surface area contributed by atoms with Gasteiger partial charge in [0.25, 0.3) is 0 Å². The fraction of sp³-hybridized carbons (Fsp3) is 0.600. The molecule has 0 spiro atoms. The molecule has 0 saturated carbocycles. The summed E-state index contributed by atoms with van der Waals surface area (Å²) < 4.78 is 4.69. The number of carbonyl (C=O) groups excluding carboxylic acids is 1. The average molecular weight is 215 g/mol. The number of amides is 1. The largest absolute Gasteiger partial charge is 0.480 e. The standard InChI is InChI=1S/C10H17NO4/c1-4-5-7(2)9(12)11-8(6-15-3)10(13)14/h5,8H,4,6H2,1-3H3,(H,11,12)(H,13,14)/b7-5-. The molecule has 1 atom stereocenters. The number of methoxy groups -OCH3 is 1. The normalized spacial score (nSPS) is 13.4. The summed E-state index contributed by atoms with van der Waals surface area (Å²) in [5.41, 5.74) is 0.514. The van der Waals surface area contributed by atoms with E-state index in [1.165, 1.54) is 7.11 Å². The Morgan fingerprint density at radius 2 is 2.13 bits per heavy atom. The van der Waals surface area contributed by atoms with Crippen LogP contribution in [0.5, 0.6) is 0 Å². The first-order valence-electron chi connectivity index (χ1n) is 4.72. The minimum Gasteiger partial charge on any atom is -0.480 e. The van der Waals surface area contributed by atoms with Gasteiger partial charge in [-0.15, -0.1) is 0 Å². The fourth-order valence-corrected chi connectivity index (χ4v) is 1.01. The molecule has 0 rings (SSSR count). The molecule has 0 saturated heterocycles. The minimum atomic E-state index is -1.10. The number of carboxylic acid groups (broad SMARTS) is 1. The maximum atomic E-state index is 11.4. The topological polar surface area (TPSA) is 75.6 Å². The lowest BCUT2D eigenvalue weighted by molar-refractivity contribution is -0.142. The highest BCUT2D eigenvalue weighted by Crippen LogP contribution is 1.96. The van der Waals surface area contributed by atoms with Gasteiger partial charge in [0, 0.05) is 12.7 Å². The number of carboxylic acids is 1. The maximum Gasteiger partial charge on any atom is 0.328 e. The Bertz CT molecular complexity index is 260. The van der Waals surface area contributed by atoms with E-state index in [-0.39, 0.29) is 12.5 Å². The fourth-order valence-electron chi connectivity index (χ4n) is 1.01. The Hall–Kier alpha value is -1.36. The van der Waals surface area contributed by atoms with Crippen molar-refractivity contribution in [1.29, 1.82) is 0 Å². The molecule has 0 aliphatic carbocycles. The Morgan fingerprint density at radius 1 is 1.53 bits per heavy atom. The van der Waals surface area contributed by atoms with Crippen molar-refractivity contribution < 1.29 is 19.4 Å². The van der Waals surface area contributed by atoms with Gasteiger partial charge in [-0.2, -0.15) is 0 Å². The number of aliphatic carboxylic acids is 1. The second kappa shape index (κ2) is 7.00. The van der Waals surface area contributed by atoms with Crippen molar-refractivity contribution in [1.82, 2.24) is 5.32 Å². The second-order valence-electron chi connectivity index (χ2n) is 3.12. The minimum absolute atomic E-state index is 0.0412. The van der Waals surface area contributed by atoms with Crippen LogP contribution in [0.4, 0.5) is 0 Å². The van der Waals surface area contributed by atoms with Crippen molar-refractivity contribution >= 4 is 11.9 Å². The molecule has 5 heteroatoms. The molecule has 0 radical (unpaired) electrons. The first-order chi connectivity index (χ1) is 7.02. The van der Waals surface area contributed by atoms with E-state index in [1.807, 2.05) is 6.92 Å². The van der Waals surface area contributed by atoms with E-state index >= 15 is 0 Å². The van der Waals surface area contributed by atoms with E-state index in [9.17, 15) is 9.59 Å². The molecule has 15 heavy (non-hydrogen) atoms. The van der Waals surface area contributed by atoms with Gasteiger partial charge in [-0.1, -0.05) is 13.0 Å². The number of hydrogen-bond acceptors (Lipinski definition) is 3. The number of rotatable bonds is 6. The van der Waals surface area contributed by atoms with Gasteiger partial charge < -0.3 is 15.2 Å². The summed E-state index contributed by atoms with van der Waals surface area (Å²) in [6, 6.07) is -0.997. The number of allylic oxidation sites excluding steroid dienone is 1. The summed E-state index contributed by atoms with van der Waals surface area (Å²) in [6.07, 6.45) is 2.47. The highest BCUT2D eigenvalue weighted by atomic mass is 16.5. The zero-order chi connectivity index (χ0) is 11.8. The molecule has 1 amide bonds. The first kappa shape index (κ1) is 13.6. The summed E-state index contributed by atoms with van der Waals surface area (Å²) in [5.74, 6) is -1.48. The molecule has 0 aliphatic heterocycles. The third-order valence-corrected chi connectivity index (χ3v) is 1.81. The van der Waals surface area contributed by atoms with Crippen molar-refractivity contribution in [3.63, 3.8) is 0 Å². The molecule has 0 aromatic rings.